The first-order chi connectivity index (χ1) is 12.8. The number of hydrogen-bond acceptors (Lipinski definition) is 4. The minimum atomic E-state index is -4.44. The zero-order chi connectivity index (χ0) is 19.9. The van der Waals surface area contributed by atoms with Crippen LogP contribution in [0.5, 0.6) is 5.75 Å². The molecule has 0 saturated heterocycles. The quantitative estimate of drug-likeness (QED) is 0.245. The molecule has 28 heavy (non-hydrogen) atoms. The third-order valence-corrected chi connectivity index (χ3v) is 4.90. The number of para-hydroxylation sites is 1. The maximum Gasteiger partial charge on any atom is 0.419 e. The highest BCUT2D eigenvalue weighted by Gasteiger charge is 2.33. The van der Waals surface area contributed by atoms with E-state index in [2.05, 4.69) is 20.6 Å². The van der Waals surface area contributed by atoms with Crippen molar-refractivity contribution in [2.24, 2.45) is 4.99 Å². The van der Waals surface area contributed by atoms with Crippen LogP contribution in [0, 0.1) is 13.8 Å². The van der Waals surface area contributed by atoms with Crippen LogP contribution >= 0.6 is 35.3 Å². The standard InChI is InChI=1S/C18H23F3N4OS.HI/c1-12-13(2)27-16(25-12)8-9-23-17(22-3)24-10-11-26-15-7-5-4-6-14(15)18(19,20)21;/h4-7H,8-11H2,1-3H3,(H2,22,23,24);1H. The molecule has 0 saturated carbocycles. The number of aryl methyl sites for hydroxylation is 2. The number of rotatable bonds is 7. The molecule has 0 radical (unpaired) electrons. The molecule has 2 N–H and O–H groups in total. The van der Waals surface area contributed by atoms with E-state index in [1.54, 1.807) is 18.4 Å². The van der Waals surface area contributed by atoms with Crippen LogP contribution in [0.25, 0.3) is 0 Å². The van der Waals surface area contributed by atoms with Crippen molar-refractivity contribution >= 4 is 41.3 Å². The van der Waals surface area contributed by atoms with Crippen LogP contribution in [0.4, 0.5) is 13.2 Å². The van der Waals surface area contributed by atoms with Crippen molar-refractivity contribution in [1.29, 1.82) is 0 Å². The molecule has 0 bridgehead atoms. The number of guanidine groups is 1. The second-order valence-electron chi connectivity index (χ2n) is 5.77. The second-order valence-corrected chi connectivity index (χ2v) is 7.06. The van der Waals surface area contributed by atoms with Gasteiger partial charge in [0.2, 0.25) is 0 Å². The largest absolute Gasteiger partial charge is 0.491 e. The van der Waals surface area contributed by atoms with Crippen molar-refractivity contribution < 1.29 is 17.9 Å². The number of aliphatic imine (C=N–C) groups is 1. The summed E-state index contributed by atoms with van der Waals surface area (Å²) in [6.45, 7) is 5.09. The van der Waals surface area contributed by atoms with Crippen molar-refractivity contribution in [3.63, 3.8) is 0 Å². The molecule has 1 aromatic carbocycles. The van der Waals surface area contributed by atoms with Gasteiger partial charge in [-0.25, -0.2) is 4.98 Å². The molecule has 2 rings (SSSR count). The Hall–Kier alpha value is -1.56. The fourth-order valence-corrected chi connectivity index (χ4v) is 3.25. The molecule has 0 aliphatic rings. The smallest absolute Gasteiger partial charge is 0.419 e. The number of ether oxygens (including phenoxy) is 1. The lowest BCUT2D eigenvalue weighted by Crippen LogP contribution is -2.40. The first-order valence-corrected chi connectivity index (χ1v) is 9.29. The maximum atomic E-state index is 12.9. The summed E-state index contributed by atoms with van der Waals surface area (Å²) in [6.07, 6.45) is -3.66. The Labute approximate surface area is 183 Å². The van der Waals surface area contributed by atoms with Gasteiger partial charge >= 0.3 is 6.18 Å². The lowest BCUT2D eigenvalue weighted by Gasteiger charge is -2.15. The first kappa shape index (κ1) is 24.5. The van der Waals surface area contributed by atoms with Gasteiger partial charge in [-0.05, 0) is 26.0 Å². The van der Waals surface area contributed by atoms with Crippen molar-refractivity contribution in [2.75, 3.05) is 26.7 Å². The van der Waals surface area contributed by atoms with E-state index < -0.39 is 11.7 Å². The number of nitrogens with zero attached hydrogens (tertiary/aromatic N) is 2. The molecule has 0 spiro atoms. The lowest BCUT2D eigenvalue weighted by atomic mass is 10.2. The molecule has 0 aliphatic heterocycles. The lowest BCUT2D eigenvalue weighted by molar-refractivity contribution is -0.138. The van der Waals surface area contributed by atoms with E-state index in [4.69, 9.17) is 4.74 Å². The van der Waals surface area contributed by atoms with Crippen LogP contribution in [-0.4, -0.2) is 37.7 Å². The maximum absolute atomic E-state index is 12.9. The van der Waals surface area contributed by atoms with Gasteiger partial charge in [0.1, 0.15) is 12.4 Å². The fourth-order valence-electron chi connectivity index (χ4n) is 2.31. The highest BCUT2D eigenvalue weighted by Crippen LogP contribution is 2.35. The van der Waals surface area contributed by atoms with Crippen molar-refractivity contribution in [3.8, 4) is 5.75 Å². The van der Waals surface area contributed by atoms with Gasteiger partial charge < -0.3 is 15.4 Å². The molecule has 10 heteroatoms. The molecule has 0 fully saturated rings. The first-order valence-electron chi connectivity index (χ1n) is 8.47. The van der Waals surface area contributed by atoms with Gasteiger partial charge in [0.25, 0.3) is 0 Å². The van der Waals surface area contributed by atoms with Gasteiger partial charge in [-0.1, -0.05) is 12.1 Å². The minimum absolute atomic E-state index is 0. The van der Waals surface area contributed by atoms with Crippen LogP contribution in [-0.2, 0) is 12.6 Å². The molecule has 0 aliphatic carbocycles. The number of alkyl halides is 3. The van der Waals surface area contributed by atoms with E-state index in [1.807, 2.05) is 13.8 Å². The summed E-state index contributed by atoms with van der Waals surface area (Å²) in [5.74, 6) is 0.386. The van der Waals surface area contributed by atoms with E-state index in [0.29, 0.717) is 19.0 Å². The number of nitrogens with one attached hydrogen (secondary N) is 2. The summed E-state index contributed by atoms with van der Waals surface area (Å²) >= 11 is 1.67. The predicted octanol–water partition coefficient (Wildman–Crippen LogP) is 4.18. The zero-order valence-corrected chi connectivity index (χ0v) is 19.0. The Balaban J connectivity index is 0.00000392. The number of hydrogen-bond donors (Lipinski definition) is 2. The summed E-state index contributed by atoms with van der Waals surface area (Å²) in [5, 5.41) is 7.22. The third kappa shape index (κ3) is 7.46. The predicted molar refractivity (Wildman–Crippen MR) is 117 cm³/mol. The Kier molecular flexibility index (Phi) is 10.0. The number of halogens is 4. The normalized spacial score (nSPS) is 11.7. The monoisotopic (exact) mass is 528 g/mol. The Morgan fingerprint density at radius 3 is 2.46 bits per heavy atom. The number of thiazole rings is 1. The number of benzene rings is 1. The molecule has 0 unspecified atom stereocenters. The third-order valence-electron chi connectivity index (χ3n) is 3.77. The van der Waals surface area contributed by atoms with Crippen LogP contribution in [0.3, 0.4) is 0 Å². The van der Waals surface area contributed by atoms with Crippen LogP contribution in [0.1, 0.15) is 21.1 Å². The van der Waals surface area contributed by atoms with Gasteiger partial charge in [-0.15, -0.1) is 35.3 Å². The zero-order valence-electron chi connectivity index (χ0n) is 15.9. The van der Waals surface area contributed by atoms with Gasteiger partial charge in [-0.3, -0.25) is 4.99 Å². The SMILES string of the molecule is CN=C(NCCOc1ccccc1C(F)(F)F)NCCc1nc(C)c(C)s1.I. The average molecular weight is 528 g/mol. The van der Waals surface area contributed by atoms with E-state index in [1.165, 1.54) is 23.1 Å². The van der Waals surface area contributed by atoms with Gasteiger partial charge in [0.05, 0.1) is 22.8 Å². The van der Waals surface area contributed by atoms with Crippen molar-refractivity contribution in [2.45, 2.75) is 26.4 Å². The topological polar surface area (TPSA) is 58.5 Å². The summed E-state index contributed by atoms with van der Waals surface area (Å²) in [4.78, 5) is 9.77. The summed E-state index contributed by atoms with van der Waals surface area (Å²) in [6, 6.07) is 5.17. The second kappa shape index (κ2) is 11.4. The van der Waals surface area contributed by atoms with Crippen molar-refractivity contribution in [1.82, 2.24) is 15.6 Å². The van der Waals surface area contributed by atoms with E-state index in [0.717, 1.165) is 23.2 Å². The highest BCUT2D eigenvalue weighted by molar-refractivity contribution is 14.0. The molecule has 0 amide bonds. The highest BCUT2D eigenvalue weighted by atomic mass is 127. The molecular formula is C18H24F3IN4OS. The summed E-state index contributed by atoms with van der Waals surface area (Å²) < 4.78 is 44.0. The Bertz CT molecular complexity index is 761. The van der Waals surface area contributed by atoms with E-state index in [9.17, 15) is 13.2 Å². The van der Waals surface area contributed by atoms with E-state index in [-0.39, 0.29) is 36.3 Å². The summed E-state index contributed by atoms with van der Waals surface area (Å²) in [7, 11) is 1.63. The van der Waals surface area contributed by atoms with E-state index >= 15 is 0 Å². The number of aromatic nitrogens is 1. The van der Waals surface area contributed by atoms with Crippen LogP contribution in [0.2, 0.25) is 0 Å². The molecule has 2 aromatic rings. The Morgan fingerprint density at radius 2 is 1.86 bits per heavy atom. The molecule has 5 nitrogen and oxygen atoms in total. The average Bonchev–Trinajstić information content (AvgIpc) is 2.94. The van der Waals surface area contributed by atoms with Crippen molar-refractivity contribution in [3.05, 3.63) is 45.4 Å². The molecule has 1 aromatic heterocycles. The molecular weight excluding hydrogens is 504 g/mol. The Morgan fingerprint density at radius 1 is 1.18 bits per heavy atom. The molecule has 1 heterocycles. The van der Waals surface area contributed by atoms with Crippen LogP contribution in [0.15, 0.2) is 29.3 Å². The fraction of sp³-hybridized carbons (Fsp3) is 0.444. The minimum Gasteiger partial charge on any atom is -0.491 e. The van der Waals surface area contributed by atoms with Crippen LogP contribution < -0.4 is 15.4 Å². The van der Waals surface area contributed by atoms with Gasteiger partial charge in [0, 0.05) is 24.9 Å². The molecule has 156 valence electrons. The van der Waals surface area contributed by atoms with Gasteiger partial charge in [-0.2, -0.15) is 13.2 Å². The van der Waals surface area contributed by atoms with Gasteiger partial charge in [0.15, 0.2) is 5.96 Å². The molecule has 0 atom stereocenters. The summed E-state index contributed by atoms with van der Waals surface area (Å²) in [5.41, 5.74) is 0.273.